The van der Waals surface area contributed by atoms with Gasteiger partial charge in [-0.3, -0.25) is 0 Å². The number of nitrogens with zero attached hydrogens (tertiary/aromatic N) is 1. The second-order valence-electron chi connectivity index (χ2n) is 4.20. The lowest BCUT2D eigenvalue weighted by Gasteiger charge is -2.03. The van der Waals surface area contributed by atoms with E-state index < -0.39 is 5.97 Å². The fourth-order valence-corrected chi connectivity index (χ4v) is 3.49. The van der Waals surface area contributed by atoms with Crippen LogP contribution in [0.2, 0.25) is 0 Å². The molecule has 0 N–H and O–H groups in total. The molecule has 0 unspecified atom stereocenters. The maximum absolute atomic E-state index is 11.8. The van der Waals surface area contributed by atoms with Crippen LogP contribution in [-0.4, -0.2) is 18.1 Å². The highest BCUT2D eigenvalue weighted by molar-refractivity contribution is 9.11. The van der Waals surface area contributed by atoms with E-state index in [0.717, 1.165) is 15.8 Å². The molecular formula is C15H10BrNO2S. The number of esters is 1. The Bertz CT molecular complexity index is 797. The van der Waals surface area contributed by atoms with Crippen LogP contribution in [0.15, 0.2) is 46.4 Å². The van der Waals surface area contributed by atoms with Crippen LogP contribution in [-0.2, 0) is 4.74 Å². The molecule has 0 spiro atoms. The Kier molecular flexibility index (Phi) is 3.54. The van der Waals surface area contributed by atoms with Gasteiger partial charge in [-0.15, -0.1) is 11.3 Å². The number of ether oxygens (including phenoxy) is 1. The summed E-state index contributed by atoms with van der Waals surface area (Å²) in [5.74, 6) is -0.421. The van der Waals surface area contributed by atoms with E-state index in [1.54, 1.807) is 0 Å². The van der Waals surface area contributed by atoms with Gasteiger partial charge in [0.25, 0.3) is 0 Å². The van der Waals surface area contributed by atoms with Crippen LogP contribution >= 0.6 is 27.3 Å². The van der Waals surface area contributed by atoms with Crippen molar-refractivity contribution in [2.45, 2.75) is 0 Å². The molecule has 5 heteroatoms. The zero-order valence-corrected chi connectivity index (χ0v) is 13.0. The number of methoxy groups -OCH3 is 1. The number of fused-ring (bicyclic) bond motifs is 1. The van der Waals surface area contributed by atoms with Crippen molar-refractivity contribution in [2.24, 2.45) is 0 Å². The molecule has 0 bridgehead atoms. The molecule has 0 saturated heterocycles. The number of aromatic nitrogens is 1. The van der Waals surface area contributed by atoms with E-state index in [2.05, 4.69) is 33.0 Å². The van der Waals surface area contributed by atoms with E-state index in [9.17, 15) is 4.79 Å². The zero-order chi connectivity index (χ0) is 14.1. The van der Waals surface area contributed by atoms with Gasteiger partial charge in [0.05, 0.1) is 12.0 Å². The monoisotopic (exact) mass is 347 g/mol. The first-order chi connectivity index (χ1) is 9.69. The lowest BCUT2D eigenvalue weighted by atomic mass is 10.1. The van der Waals surface area contributed by atoms with Crippen LogP contribution < -0.4 is 0 Å². The van der Waals surface area contributed by atoms with Crippen molar-refractivity contribution in [3.63, 3.8) is 0 Å². The van der Waals surface area contributed by atoms with Crippen LogP contribution in [0.25, 0.3) is 21.2 Å². The van der Waals surface area contributed by atoms with Gasteiger partial charge in [0.15, 0.2) is 9.61 Å². The van der Waals surface area contributed by atoms with Crippen LogP contribution in [0, 0.1) is 0 Å². The summed E-state index contributed by atoms with van der Waals surface area (Å²) in [5.41, 5.74) is 1.31. The topological polar surface area (TPSA) is 39.2 Å². The first-order valence-corrected chi connectivity index (χ1v) is 7.54. The third-order valence-electron chi connectivity index (χ3n) is 2.99. The number of hydrogen-bond donors (Lipinski definition) is 0. The van der Waals surface area contributed by atoms with Gasteiger partial charge in [0.1, 0.15) is 0 Å². The molecule has 0 fully saturated rings. The number of carbonyl (C=O) groups is 1. The van der Waals surface area contributed by atoms with Crippen molar-refractivity contribution in [2.75, 3.05) is 7.11 Å². The molecule has 0 aliphatic heterocycles. The second kappa shape index (κ2) is 5.34. The van der Waals surface area contributed by atoms with Crippen molar-refractivity contribution in [3.8, 4) is 10.4 Å². The minimum absolute atomic E-state index is 0.347. The van der Waals surface area contributed by atoms with E-state index in [1.807, 2.05) is 30.3 Å². The molecular weight excluding hydrogens is 338 g/mol. The summed E-state index contributed by atoms with van der Waals surface area (Å²) >= 11 is 4.75. The molecule has 100 valence electrons. The quantitative estimate of drug-likeness (QED) is 0.640. The van der Waals surface area contributed by atoms with Gasteiger partial charge < -0.3 is 4.74 Å². The normalized spacial score (nSPS) is 10.7. The Labute approximate surface area is 128 Å². The number of carbonyl (C=O) groups excluding carboxylic acids is 1. The Morgan fingerprint density at radius 2 is 1.95 bits per heavy atom. The minimum atomic E-state index is -0.421. The highest BCUT2D eigenvalue weighted by Gasteiger charge is 2.19. The van der Waals surface area contributed by atoms with E-state index >= 15 is 0 Å². The number of benzene rings is 2. The van der Waals surface area contributed by atoms with E-state index in [4.69, 9.17) is 4.74 Å². The molecule has 0 saturated carbocycles. The Balaban J connectivity index is 2.17. The van der Waals surface area contributed by atoms with E-state index in [-0.39, 0.29) is 0 Å². The van der Waals surface area contributed by atoms with Crippen molar-refractivity contribution in [3.05, 3.63) is 52.1 Å². The lowest BCUT2D eigenvalue weighted by molar-refractivity contribution is 0.0595. The van der Waals surface area contributed by atoms with E-state index in [1.165, 1.54) is 23.8 Å². The minimum Gasteiger partial charge on any atom is -0.464 e. The molecule has 0 aliphatic rings. The maximum atomic E-state index is 11.8. The molecule has 0 aliphatic carbocycles. The van der Waals surface area contributed by atoms with Gasteiger partial charge in [-0.25, -0.2) is 9.78 Å². The smallest absolute Gasteiger partial charge is 0.358 e. The molecule has 3 rings (SSSR count). The molecule has 1 heterocycles. The number of rotatable bonds is 2. The van der Waals surface area contributed by atoms with Crippen molar-refractivity contribution >= 4 is 44.0 Å². The average molecular weight is 348 g/mol. The van der Waals surface area contributed by atoms with Crippen LogP contribution in [0.4, 0.5) is 0 Å². The molecule has 2 aromatic carbocycles. The summed E-state index contributed by atoms with van der Waals surface area (Å²) in [6, 6.07) is 14.2. The average Bonchev–Trinajstić information content (AvgIpc) is 2.88. The van der Waals surface area contributed by atoms with Crippen molar-refractivity contribution < 1.29 is 9.53 Å². The Hall–Kier alpha value is -1.72. The van der Waals surface area contributed by atoms with Gasteiger partial charge in [-0.1, -0.05) is 36.4 Å². The summed E-state index contributed by atoms with van der Waals surface area (Å²) in [5, 5.41) is 2.30. The second-order valence-corrected chi connectivity index (χ2v) is 6.47. The summed E-state index contributed by atoms with van der Waals surface area (Å²) in [6.45, 7) is 0. The van der Waals surface area contributed by atoms with Gasteiger partial charge in [-0.2, -0.15) is 0 Å². The third-order valence-corrected chi connectivity index (χ3v) is 4.55. The van der Waals surface area contributed by atoms with Crippen LogP contribution in [0.1, 0.15) is 10.5 Å². The highest BCUT2D eigenvalue weighted by Crippen LogP contribution is 2.34. The predicted octanol–water partition coefficient (Wildman–Crippen LogP) is 4.51. The van der Waals surface area contributed by atoms with Gasteiger partial charge in [0.2, 0.25) is 0 Å². The van der Waals surface area contributed by atoms with Crippen molar-refractivity contribution in [1.29, 1.82) is 0 Å². The summed E-state index contributed by atoms with van der Waals surface area (Å²) < 4.78 is 5.45. The number of thiazole rings is 1. The van der Waals surface area contributed by atoms with Crippen molar-refractivity contribution in [1.82, 2.24) is 4.98 Å². The van der Waals surface area contributed by atoms with Crippen LogP contribution in [0.5, 0.6) is 0 Å². The molecule has 3 aromatic rings. The fraction of sp³-hybridized carbons (Fsp3) is 0.0667. The standard InChI is InChI=1S/C15H10BrNO2S/c1-19-14(18)12-13(20-15(16)17-12)11-7-6-9-4-2-3-5-10(9)8-11/h2-8H,1H3. The summed E-state index contributed by atoms with van der Waals surface area (Å²) in [7, 11) is 1.36. The summed E-state index contributed by atoms with van der Waals surface area (Å²) in [6.07, 6.45) is 0. The molecule has 20 heavy (non-hydrogen) atoms. The SMILES string of the molecule is COC(=O)c1nc(Br)sc1-c1ccc2ccccc2c1. The molecule has 0 radical (unpaired) electrons. The molecule has 0 atom stereocenters. The highest BCUT2D eigenvalue weighted by atomic mass is 79.9. The van der Waals surface area contributed by atoms with Gasteiger partial charge in [0, 0.05) is 0 Å². The molecule has 1 aromatic heterocycles. The van der Waals surface area contributed by atoms with Gasteiger partial charge in [-0.05, 0) is 38.3 Å². The van der Waals surface area contributed by atoms with E-state index in [0.29, 0.717) is 9.61 Å². The Morgan fingerprint density at radius 1 is 1.20 bits per heavy atom. The molecule has 3 nitrogen and oxygen atoms in total. The number of halogens is 1. The lowest BCUT2D eigenvalue weighted by Crippen LogP contribution is -2.03. The van der Waals surface area contributed by atoms with Gasteiger partial charge >= 0.3 is 5.97 Å². The first kappa shape index (κ1) is 13.3. The predicted molar refractivity (Wildman–Crippen MR) is 84.1 cm³/mol. The van der Waals surface area contributed by atoms with Crippen LogP contribution in [0.3, 0.4) is 0 Å². The maximum Gasteiger partial charge on any atom is 0.358 e. The fourth-order valence-electron chi connectivity index (χ4n) is 2.06. The zero-order valence-electron chi connectivity index (χ0n) is 10.6. The third kappa shape index (κ3) is 2.34. The first-order valence-electron chi connectivity index (χ1n) is 5.93. The summed E-state index contributed by atoms with van der Waals surface area (Å²) in [4.78, 5) is 16.8. The number of hydrogen-bond acceptors (Lipinski definition) is 4. The Morgan fingerprint density at radius 3 is 2.70 bits per heavy atom. The largest absolute Gasteiger partial charge is 0.464 e. The molecule has 0 amide bonds.